The van der Waals surface area contributed by atoms with Crippen LogP contribution in [0.4, 0.5) is 16.2 Å². The van der Waals surface area contributed by atoms with Gasteiger partial charge in [-0.15, -0.1) is 0 Å². The van der Waals surface area contributed by atoms with Crippen molar-refractivity contribution in [3.63, 3.8) is 0 Å². The van der Waals surface area contributed by atoms with Crippen molar-refractivity contribution in [3.05, 3.63) is 69.8 Å². The molecule has 1 atom stereocenters. The second kappa shape index (κ2) is 12.5. The smallest absolute Gasteiger partial charge is 0.328 e. The van der Waals surface area contributed by atoms with Crippen molar-refractivity contribution >= 4 is 35.2 Å². The number of rotatable bonds is 9. The lowest BCUT2D eigenvalue weighted by Crippen LogP contribution is -2.59. The normalized spacial score (nSPS) is 17.0. The molecule has 2 aromatic carbocycles. The van der Waals surface area contributed by atoms with Crippen molar-refractivity contribution in [2.24, 2.45) is 5.92 Å². The molecule has 0 saturated carbocycles. The Morgan fingerprint density at radius 2 is 1.76 bits per heavy atom. The highest BCUT2D eigenvalue weighted by Gasteiger charge is 2.54. The molecule has 2 aliphatic heterocycles. The zero-order valence-electron chi connectivity index (χ0n) is 23.9. The SMILES string of the molecule is Cc1ccc([N+](=O)[O-])cc1C(=O)N[C@@H](CNC(=O)N1CCC2(CC1)C(=O)N(CC(C)C)CN2c1ccccc1)C(=O)O. The zero-order chi connectivity index (χ0) is 30.6. The number of piperidine rings is 1. The van der Waals surface area contributed by atoms with Crippen LogP contribution in [0.3, 0.4) is 0 Å². The summed E-state index contributed by atoms with van der Waals surface area (Å²) in [5.41, 5.74) is 0.271. The number of anilines is 1. The van der Waals surface area contributed by atoms with Crippen LogP contribution in [0.2, 0.25) is 0 Å². The van der Waals surface area contributed by atoms with E-state index in [1.165, 1.54) is 17.0 Å². The summed E-state index contributed by atoms with van der Waals surface area (Å²) in [7, 11) is 0. The molecule has 13 heteroatoms. The van der Waals surface area contributed by atoms with Crippen LogP contribution in [0.5, 0.6) is 0 Å². The Morgan fingerprint density at radius 1 is 1.10 bits per heavy atom. The molecule has 0 radical (unpaired) electrons. The van der Waals surface area contributed by atoms with E-state index in [4.69, 9.17) is 0 Å². The molecule has 2 saturated heterocycles. The summed E-state index contributed by atoms with van der Waals surface area (Å²) in [5.74, 6) is -1.82. The summed E-state index contributed by atoms with van der Waals surface area (Å²) in [6, 6.07) is 11.5. The Kier molecular flexibility index (Phi) is 8.98. The van der Waals surface area contributed by atoms with Crippen LogP contribution in [-0.4, -0.2) is 88.1 Å². The summed E-state index contributed by atoms with van der Waals surface area (Å²) in [5, 5.41) is 25.7. The first-order valence-corrected chi connectivity index (χ1v) is 13.9. The van der Waals surface area contributed by atoms with Crippen LogP contribution in [0, 0.1) is 23.0 Å². The van der Waals surface area contributed by atoms with Gasteiger partial charge >= 0.3 is 12.0 Å². The number of amides is 4. The molecule has 13 nitrogen and oxygen atoms in total. The highest BCUT2D eigenvalue weighted by molar-refractivity contribution is 5.98. The van der Waals surface area contributed by atoms with Gasteiger partial charge in [-0.05, 0) is 43.4 Å². The average Bonchev–Trinajstić information content (AvgIpc) is 3.21. The van der Waals surface area contributed by atoms with Crippen LogP contribution < -0.4 is 15.5 Å². The van der Waals surface area contributed by atoms with E-state index in [-0.39, 0.29) is 30.2 Å². The number of carbonyl (C=O) groups excluding carboxylic acids is 3. The largest absolute Gasteiger partial charge is 0.480 e. The van der Waals surface area contributed by atoms with E-state index in [0.717, 1.165) is 11.8 Å². The predicted octanol–water partition coefficient (Wildman–Crippen LogP) is 2.59. The predicted molar refractivity (Wildman–Crippen MR) is 154 cm³/mol. The van der Waals surface area contributed by atoms with Crippen LogP contribution in [0.1, 0.15) is 42.6 Å². The van der Waals surface area contributed by atoms with Crippen LogP contribution in [-0.2, 0) is 9.59 Å². The molecule has 3 N–H and O–H groups in total. The summed E-state index contributed by atoms with van der Waals surface area (Å²) in [6.45, 7) is 6.98. The third kappa shape index (κ3) is 6.29. The fourth-order valence-corrected chi connectivity index (χ4v) is 5.57. The van der Waals surface area contributed by atoms with Crippen LogP contribution >= 0.6 is 0 Å². The lowest BCUT2D eigenvalue weighted by Gasteiger charge is -2.43. The van der Waals surface area contributed by atoms with Gasteiger partial charge in [-0.3, -0.25) is 19.7 Å². The molecule has 0 bridgehead atoms. The number of aryl methyl sites for hydroxylation is 1. The fourth-order valence-electron chi connectivity index (χ4n) is 5.57. The highest BCUT2D eigenvalue weighted by Crippen LogP contribution is 2.39. The molecule has 0 aliphatic carbocycles. The van der Waals surface area contributed by atoms with Crippen molar-refractivity contribution in [2.45, 2.75) is 45.2 Å². The van der Waals surface area contributed by atoms with E-state index < -0.39 is 41.0 Å². The molecule has 42 heavy (non-hydrogen) atoms. The number of carbonyl (C=O) groups is 4. The molecule has 1 spiro atoms. The minimum absolute atomic E-state index is 0.0289. The molecule has 4 rings (SSSR count). The Labute approximate surface area is 243 Å². The second-order valence-corrected chi connectivity index (χ2v) is 11.2. The topological polar surface area (TPSA) is 165 Å². The number of hydrogen-bond donors (Lipinski definition) is 3. The Bertz CT molecular complexity index is 1360. The minimum Gasteiger partial charge on any atom is -0.480 e. The van der Waals surface area contributed by atoms with E-state index in [1.54, 1.807) is 6.92 Å². The van der Waals surface area contributed by atoms with Gasteiger partial charge in [0.2, 0.25) is 5.91 Å². The number of nitrogens with one attached hydrogen (secondary N) is 2. The number of nitro benzene ring substituents is 1. The van der Waals surface area contributed by atoms with E-state index in [9.17, 15) is 34.4 Å². The molecular weight excluding hydrogens is 544 g/mol. The van der Waals surface area contributed by atoms with Gasteiger partial charge in [0.25, 0.3) is 11.6 Å². The highest BCUT2D eigenvalue weighted by atomic mass is 16.6. The number of hydrogen-bond acceptors (Lipinski definition) is 7. The standard InChI is InChI=1S/C29H36N6O7/c1-19(2)17-33-18-34(21-7-5-4-6-8-21)29(27(33)39)11-13-32(14-12-29)28(40)30-16-24(26(37)38)31-25(36)23-15-22(35(41)42)10-9-20(23)3/h4-10,15,19,24H,11-14,16-18H2,1-3H3,(H,30,40)(H,31,36)(H,37,38)/t24-/m0/s1. The van der Waals surface area contributed by atoms with Gasteiger partial charge in [0.15, 0.2) is 0 Å². The number of para-hydroxylation sites is 1. The maximum Gasteiger partial charge on any atom is 0.328 e. The second-order valence-electron chi connectivity index (χ2n) is 11.2. The van der Waals surface area contributed by atoms with Gasteiger partial charge in [-0.2, -0.15) is 0 Å². The molecule has 2 aromatic rings. The minimum atomic E-state index is -1.47. The molecule has 4 amide bonds. The number of nitrogens with zero attached hydrogens (tertiary/aromatic N) is 4. The number of non-ortho nitro benzene ring substituents is 1. The summed E-state index contributed by atoms with van der Waals surface area (Å²) >= 11 is 0. The molecule has 0 unspecified atom stereocenters. The van der Waals surface area contributed by atoms with Crippen molar-refractivity contribution < 1.29 is 29.2 Å². The summed E-state index contributed by atoms with van der Waals surface area (Å²) in [6.07, 6.45) is 0.821. The number of urea groups is 1. The monoisotopic (exact) mass is 580 g/mol. The molecule has 0 aromatic heterocycles. The van der Waals surface area contributed by atoms with Crippen LogP contribution in [0.15, 0.2) is 48.5 Å². The van der Waals surface area contributed by atoms with E-state index in [2.05, 4.69) is 29.4 Å². The van der Waals surface area contributed by atoms with E-state index in [1.807, 2.05) is 35.2 Å². The van der Waals surface area contributed by atoms with Gasteiger partial charge in [-0.1, -0.05) is 38.1 Å². The molecule has 224 valence electrons. The molecule has 2 heterocycles. The van der Waals surface area contributed by atoms with Crippen molar-refractivity contribution in [2.75, 3.05) is 37.7 Å². The molecule has 2 fully saturated rings. The lowest BCUT2D eigenvalue weighted by molar-refractivity contribution is -0.384. The van der Waals surface area contributed by atoms with Crippen molar-refractivity contribution in [1.82, 2.24) is 20.4 Å². The summed E-state index contributed by atoms with van der Waals surface area (Å²) < 4.78 is 0. The summed E-state index contributed by atoms with van der Waals surface area (Å²) in [4.78, 5) is 67.3. The molecule has 2 aliphatic rings. The maximum atomic E-state index is 13.7. The number of carboxylic acids is 1. The first-order valence-electron chi connectivity index (χ1n) is 13.9. The van der Waals surface area contributed by atoms with Gasteiger partial charge < -0.3 is 30.4 Å². The third-order valence-electron chi connectivity index (χ3n) is 7.78. The third-order valence-corrected chi connectivity index (χ3v) is 7.78. The number of nitro groups is 1. The first-order chi connectivity index (χ1) is 19.9. The number of benzene rings is 2. The van der Waals surface area contributed by atoms with E-state index in [0.29, 0.717) is 37.5 Å². The lowest BCUT2D eigenvalue weighted by atomic mass is 9.85. The average molecular weight is 581 g/mol. The Balaban J connectivity index is 1.40. The van der Waals surface area contributed by atoms with E-state index >= 15 is 0 Å². The Hall–Kier alpha value is -4.68. The maximum absolute atomic E-state index is 13.7. The Morgan fingerprint density at radius 3 is 2.36 bits per heavy atom. The quantitative estimate of drug-likeness (QED) is 0.301. The van der Waals surface area contributed by atoms with Gasteiger partial charge in [0, 0.05) is 43.0 Å². The van der Waals surface area contributed by atoms with Gasteiger partial charge in [-0.25, -0.2) is 9.59 Å². The van der Waals surface area contributed by atoms with Crippen molar-refractivity contribution in [1.29, 1.82) is 0 Å². The van der Waals surface area contributed by atoms with Crippen LogP contribution in [0.25, 0.3) is 0 Å². The number of aliphatic carboxylic acids is 1. The fraction of sp³-hybridized carbons (Fsp3) is 0.448. The van der Waals surface area contributed by atoms with Gasteiger partial charge in [0.1, 0.15) is 11.6 Å². The van der Waals surface area contributed by atoms with Crippen molar-refractivity contribution in [3.8, 4) is 0 Å². The molecular formula is C29H36N6O7. The zero-order valence-corrected chi connectivity index (χ0v) is 23.9. The number of likely N-dealkylation sites (tertiary alicyclic amines) is 1. The van der Waals surface area contributed by atoms with Gasteiger partial charge in [0.05, 0.1) is 18.1 Å². The number of carboxylic acid groups (broad SMARTS) is 1. The first kappa shape index (κ1) is 30.3.